The molecule has 20 heavy (non-hydrogen) atoms. The Kier molecular flexibility index (Phi) is 4.80. The third-order valence-electron chi connectivity index (χ3n) is 3.57. The summed E-state index contributed by atoms with van der Waals surface area (Å²) < 4.78 is 5.83. The Bertz CT molecular complexity index is 557. The molecule has 1 atom stereocenters. The SMILES string of the molecule is CCCOc1ccccc1C(N)c1c(C)cccc1C. The zero-order chi connectivity index (χ0) is 14.5. The van der Waals surface area contributed by atoms with Crippen LogP contribution in [-0.4, -0.2) is 6.61 Å². The average Bonchev–Trinajstić information content (AvgIpc) is 2.45. The lowest BCUT2D eigenvalue weighted by Gasteiger charge is -2.20. The molecule has 0 amide bonds. The molecule has 2 nitrogen and oxygen atoms in total. The maximum Gasteiger partial charge on any atom is 0.124 e. The van der Waals surface area contributed by atoms with E-state index in [1.807, 2.05) is 18.2 Å². The summed E-state index contributed by atoms with van der Waals surface area (Å²) in [6.45, 7) is 7.04. The van der Waals surface area contributed by atoms with E-state index < -0.39 is 0 Å². The molecule has 106 valence electrons. The predicted molar refractivity (Wildman–Crippen MR) is 84.2 cm³/mol. The summed E-state index contributed by atoms with van der Waals surface area (Å²) in [4.78, 5) is 0. The van der Waals surface area contributed by atoms with Crippen molar-refractivity contribution in [1.82, 2.24) is 0 Å². The molecule has 2 aromatic carbocycles. The first-order valence-corrected chi connectivity index (χ1v) is 7.18. The fraction of sp³-hybridized carbons (Fsp3) is 0.333. The monoisotopic (exact) mass is 269 g/mol. The standard InChI is InChI=1S/C18H23NO/c1-4-12-20-16-11-6-5-10-15(16)18(19)17-13(2)8-7-9-14(17)3/h5-11,18H,4,12,19H2,1-3H3. The van der Waals surface area contributed by atoms with Gasteiger partial charge in [0.15, 0.2) is 0 Å². The highest BCUT2D eigenvalue weighted by Gasteiger charge is 2.17. The molecule has 0 saturated heterocycles. The lowest BCUT2D eigenvalue weighted by Crippen LogP contribution is -2.16. The van der Waals surface area contributed by atoms with Crippen LogP contribution in [0.2, 0.25) is 0 Å². The third-order valence-corrected chi connectivity index (χ3v) is 3.57. The van der Waals surface area contributed by atoms with Crippen LogP contribution in [0, 0.1) is 13.8 Å². The summed E-state index contributed by atoms with van der Waals surface area (Å²) >= 11 is 0. The number of hydrogen-bond acceptors (Lipinski definition) is 2. The van der Waals surface area contributed by atoms with Gasteiger partial charge in [0.2, 0.25) is 0 Å². The van der Waals surface area contributed by atoms with Gasteiger partial charge >= 0.3 is 0 Å². The average molecular weight is 269 g/mol. The van der Waals surface area contributed by atoms with Crippen LogP contribution in [-0.2, 0) is 0 Å². The molecule has 1 unspecified atom stereocenters. The molecule has 2 rings (SSSR count). The van der Waals surface area contributed by atoms with Crippen LogP contribution in [0.15, 0.2) is 42.5 Å². The van der Waals surface area contributed by atoms with Crippen molar-refractivity contribution in [2.24, 2.45) is 5.73 Å². The molecule has 0 fully saturated rings. The molecule has 0 saturated carbocycles. The number of benzene rings is 2. The van der Waals surface area contributed by atoms with Crippen molar-refractivity contribution in [2.75, 3.05) is 6.61 Å². The lowest BCUT2D eigenvalue weighted by atomic mass is 9.91. The first-order valence-electron chi connectivity index (χ1n) is 7.18. The van der Waals surface area contributed by atoms with Gasteiger partial charge in [0.05, 0.1) is 12.6 Å². The first-order chi connectivity index (χ1) is 9.65. The minimum absolute atomic E-state index is 0.149. The van der Waals surface area contributed by atoms with Crippen molar-refractivity contribution in [3.8, 4) is 5.75 Å². The number of ether oxygens (including phenoxy) is 1. The second-order valence-corrected chi connectivity index (χ2v) is 5.17. The molecule has 2 heteroatoms. The first kappa shape index (κ1) is 14.6. The summed E-state index contributed by atoms with van der Waals surface area (Å²) in [7, 11) is 0. The van der Waals surface area contributed by atoms with E-state index >= 15 is 0 Å². The quantitative estimate of drug-likeness (QED) is 0.885. The van der Waals surface area contributed by atoms with Crippen molar-refractivity contribution >= 4 is 0 Å². The summed E-state index contributed by atoms with van der Waals surface area (Å²) in [6, 6.07) is 14.2. The Labute approximate surface area is 121 Å². The minimum atomic E-state index is -0.149. The molecule has 0 aliphatic carbocycles. The Morgan fingerprint density at radius 2 is 1.65 bits per heavy atom. The molecule has 2 aromatic rings. The Balaban J connectivity index is 2.40. The molecular weight excluding hydrogens is 246 g/mol. The van der Waals surface area contributed by atoms with Crippen LogP contribution in [0.5, 0.6) is 5.75 Å². The highest BCUT2D eigenvalue weighted by molar-refractivity contribution is 5.46. The van der Waals surface area contributed by atoms with E-state index in [0.717, 1.165) is 24.3 Å². The summed E-state index contributed by atoms with van der Waals surface area (Å²) in [5.41, 5.74) is 11.2. The highest BCUT2D eigenvalue weighted by Crippen LogP contribution is 2.31. The Morgan fingerprint density at radius 3 is 2.30 bits per heavy atom. The van der Waals surface area contributed by atoms with Gasteiger partial charge in [-0.05, 0) is 43.0 Å². The smallest absolute Gasteiger partial charge is 0.124 e. The van der Waals surface area contributed by atoms with Gasteiger partial charge in [-0.2, -0.15) is 0 Å². The number of para-hydroxylation sites is 1. The van der Waals surface area contributed by atoms with Crippen molar-refractivity contribution in [2.45, 2.75) is 33.2 Å². The van der Waals surface area contributed by atoms with Crippen LogP contribution in [0.3, 0.4) is 0 Å². The van der Waals surface area contributed by atoms with Gasteiger partial charge in [-0.25, -0.2) is 0 Å². The lowest BCUT2D eigenvalue weighted by molar-refractivity contribution is 0.313. The fourth-order valence-corrected chi connectivity index (χ4v) is 2.55. The van der Waals surface area contributed by atoms with Gasteiger partial charge in [0, 0.05) is 5.56 Å². The topological polar surface area (TPSA) is 35.2 Å². The molecule has 0 aliphatic rings. The summed E-state index contributed by atoms with van der Waals surface area (Å²) in [5, 5.41) is 0. The number of nitrogens with two attached hydrogens (primary N) is 1. The van der Waals surface area contributed by atoms with Gasteiger partial charge < -0.3 is 10.5 Å². The van der Waals surface area contributed by atoms with Crippen LogP contribution < -0.4 is 10.5 Å². The van der Waals surface area contributed by atoms with Gasteiger partial charge in [-0.3, -0.25) is 0 Å². The van der Waals surface area contributed by atoms with Crippen LogP contribution in [0.4, 0.5) is 0 Å². The zero-order valence-electron chi connectivity index (χ0n) is 12.5. The molecule has 0 aliphatic heterocycles. The van der Waals surface area contributed by atoms with Gasteiger partial charge in [0.25, 0.3) is 0 Å². The maximum absolute atomic E-state index is 6.51. The van der Waals surface area contributed by atoms with Crippen molar-refractivity contribution in [3.05, 3.63) is 64.7 Å². The molecule has 0 heterocycles. The number of hydrogen-bond donors (Lipinski definition) is 1. The largest absolute Gasteiger partial charge is 0.493 e. The van der Waals surface area contributed by atoms with E-state index in [1.54, 1.807) is 0 Å². The van der Waals surface area contributed by atoms with E-state index in [-0.39, 0.29) is 6.04 Å². The summed E-state index contributed by atoms with van der Waals surface area (Å²) in [6.07, 6.45) is 0.993. The molecule has 0 spiro atoms. The second-order valence-electron chi connectivity index (χ2n) is 5.17. The zero-order valence-corrected chi connectivity index (χ0v) is 12.5. The van der Waals surface area contributed by atoms with E-state index in [4.69, 9.17) is 10.5 Å². The van der Waals surface area contributed by atoms with Crippen LogP contribution in [0.25, 0.3) is 0 Å². The number of rotatable bonds is 5. The fourth-order valence-electron chi connectivity index (χ4n) is 2.55. The molecule has 2 N–H and O–H groups in total. The van der Waals surface area contributed by atoms with Gasteiger partial charge in [-0.15, -0.1) is 0 Å². The van der Waals surface area contributed by atoms with E-state index in [2.05, 4.69) is 45.0 Å². The molecule has 0 aromatic heterocycles. The highest BCUT2D eigenvalue weighted by atomic mass is 16.5. The molecular formula is C18H23NO. The van der Waals surface area contributed by atoms with E-state index in [1.165, 1.54) is 16.7 Å². The molecule has 0 radical (unpaired) electrons. The Morgan fingerprint density at radius 1 is 1.00 bits per heavy atom. The van der Waals surface area contributed by atoms with Crippen molar-refractivity contribution < 1.29 is 4.74 Å². The van der Waals surface area contributed by atoms with Crippen LogP contribution >= 0.6 is 0 Å². The van der Waals surface area contributed by atoms with E-state index in [9.17, 15) is 0 Å². The van der Waals surface area contributed by atoms with E-state index in [0.29, 0.717) is 0 Å². The van der Waals surface area contributed by atoms with Crippen LogP contribution in [0.1, 0.15) is 41.6 Å². The van der Waals surface area contributed by atoms with Crippen molar-refractivity contribution in [1.29, 1.82) is 0 Å². The summed E-state index contributed by atoms with van der Waals surface area (Å²) in [5.74, 6) is 0.893. The Hall–Kier alpha value is -1.80. The maximum atomic E-state index is 6.51. The number of aryl methyl sites for hydroxylation is 2. The van der Waals surface area contributed by atoms with Gasteiger partial charge in [-0.1, -0.05) is 43.3 Å². The molecule has 0 bridgehead atoms. The third kappa shape index (κ3) is 3.02. The minimum Gasteiger partial charge on any atom is -0.493 e. The normalized spacial score (nSPS) is 12.2. The predicted octanol–water partition coefficient (Wildman–Crippen LogP) is 4.14. The van der Waals surface area contributed by atoms with Gasteiger partial charge in [0.1, 0.15) is 5.75 Å². The van der Waals surface area contributed by atoms with Crippen molar-refractivity contribution in [3.63, 3.8) is 0 Å². The second kappa shape index (κ2) is 6.58.